The lowest BCUT2D eigenvalue weighted by atomic mass is 9.62. The molecule has 2 aliphatic carbocycles. The predicted octanol–water partition coefficient (Wildman–Crippen LogP) is 4.80. The highest BCUT2D eigenvalue weighted by molar-refractivity contribution is 5.48. The number of aliphatic hydroxyl groups is 1. The van der Waals surface area contributed by atoms with Gasteiger partial charge in [0.15, 0.2) is 0 Å². The number of hydrogen-bond donors (Lipinski definition) is 1. The molecule has 0 saturated heterocycles. The van der Waals surface area contributed by atoms with Gasteiger partial charge >= 0.3 is 0 Å². The van der Waals surface area contributed by atoms with Gasteiger partial charge < -0.3 is 5.11 Å². The van der Waals surface area contributed by atoms with Gasteiger partial charge in [0.2, 0.25) is 0 Å². The minimum atomic E-state index is -0.251. The van der Waals surface area contributed by atoms with Crippen LogP contribution in [0, 0.1) is 0 Å². The van der Waals surface area contributed by atoms with Crippen LogP contribution in [0.3, 0.4) is 0 Å². The summed E-state index contributed by atoms with van der Waals surface area (Å²) in [6, 6.07) is 4.78. The Morgan fingerprint density at radius 2 is 1.55 bits per heavy atom. The molecule has 1 atom stereocenters. The van der Waals surface area contributed by atoms with Crippen molar-refractivity contribution in [1.82, 2.24) is 0 Å². The first-order valence-electron chi connectivity index (χ1n) is 8.17. The zero-order valence-electron chi connectivity index (χ0n) is 13.4. The fraction of sp³-hybridized carbons (Fsp3) is 0.684. The van der Waals surface area contributed by atoms with Crippen molar-refractivity contribution in [3.05, 3.63) is 34.4 Å². The summed E-state index contributed by atoms with van der Waals surface area (Å²) >= 11 is 0. The van der Waals surface area contributed by atoms with E-state index >= 15 is 0 Å². The van der Waals surface area contributed by atoms with Crippen molar-refractivity contribution in [3.63, 3.8) is 0 Å². The van der Waals surface area contributed by atoms with Crippen LogP contribution in [0.4, 0.5) is 0 Å². The van der Waals surface area contributed by atoms with E-state index in [1.54, 1.807) is 0 Å². The highest BCUT2D eigenvalue weighted by Crippen LogP contribution is 2.47. The van der Waals surface area contributed by atoms with Gasteiger partial charge in [0.1, 0.15) is 0 Å². The lowest BCUT2D eigenvalue weighted by Crippen LogP contribution is -2.34. The van der Waals surface area contributed by atoms with Crippen LogP contribution in [-0.2, 0) is 17.3 Å². The summed E-state index contributed by atoms with van der Waals surface area (Å²) in [5.74, 6) is 0. The molecule has 0 spiro atoms. The van der Waals surface area contributed by atoms with Crippen LogP contribution in [0.25, 0.3) is 0 Å². The summed E-state index contributed by atoms with van der Waals surface area (Å²) in [4.78, 5) is 0. The highest BCUT2D eigenvalue weighted by Gasteiger charge is 2.38. The third kappa shape index (κ3) is 2.20. The fourth-order valence-corrected chi connectivity index (χ4v) is 4.01. The van der Waals surface area contributed by atoms with E-state index in [9.17, 15) is 5.11 Å². The van der Waals surface area contributed by atoms with E-state index in [-0.39, 0.29) is 16.9 Å². The maximum atomic E-state index is 10.4. The molecule has 1 nitrogen and oxygen atoms in total. The molecule has 2 aliphatic rings. The first-order chi connectivity index (χ1) is 9.31. The standard InChI is InChI=1S/C19H28O/c1-18(2)9-10-19(3,4)16-12-14-13(11-15(16)18)7-5-6-8-17(14)20/h11-12,17,20H,5-10H2,1-4H3/t17-/m1/s1. The SMILES string of the molecule is CC1(C)CCC(C)(C)c2cc3c(cc21)CCCC[C@H]3O. The quantitative estimate of drug-likeness (QED) is 0.673. The van der Waals surface area contributed by atoms with Crippen molar-refractivity contribution in [3.8, 4) is 0 Å². The van der Waals surface area contributed by atoms with Crippen LogP contribution in [-0.4, -0.2) is 5.11 Å². The molecule has 1 N–H and O–H groups in total. The van der Waals surface area contributed by atoms with Gasteiger partial charge in [0, 0.05) is 0 Å². The molecule has 0 unspecified atom stereocenters. The van der Waals surface area contributed by atoms with Crippen LogP contribution in [0.15, 0.2) is 12.1 Å². The van der Waals surface area contributed by atoms with Gasteiger partial charge in [-0.3, -0.25) is 0 Å². The van der Waals surface area contributed by atoms with E-state index in [4.69, 9.17) is 0 Å². The average molecular weight is 272 g/mol. The number of hydrogen-bond acceptors (Lipinski definition) is 1. The third-order valence-electron chi connectivity index (χ3n) is 5.65. The smallest absolute Gasteiger partial charge is 0.0792 e. The Morgan fingerprint density at radius 1 is 0.950 bits per heavy atom. The first kappa shape index (κ1) is 14.1. The third-order valence-corrected chi connectivity index (χ3v) is 5.65. The normalized spacial score (nSPS) is 27.4. The molecule has 1 aromatic carbocycles. The number of rotatable bonds is 0. The molecule has 1 aromatic rings. The lowest BCUT2D eigenvalue weighted by molar-refractivity contribution is 0.166. The van der Waals surface area contributed by atoms with Gasteiger partial charge in [-0.25, -0.2) is 0 Å². The van der Waals surface area contributed by atoms with Crippen molar-refractivity contribution in [2.45, 2.75) is 83.2 Å². The number of aryl methyl sites for hydroxylation is 1. The largest absolute Gasteiger partial charge is 0.388 e. The molecule has 0 amide bonds. The molecule has 3 rings (SSSR count). The summed E-state index contributed by atoms with van der Waals surface area (Å²) in [7, 11) is 0. The summed E-state index contributed by atoms with van der Waals surface area (Å²) < 4.78 is 0. The molecule has 110 valence electrons. The maximum Gasteiger partial charge on any atom is 0.0792 e. The lowest BCUT2D eigenvalue weighted by Gasteiger charge is -2.42. The monoisotopic (exact) mass is 272 g/mol. The van der Waals surface area contributed by atoms with E-state index < -0.39 is 0 Å². The molecule has 0 saturated carbocycles. The minimum Gasteiger partial charge on any atom is -0.388 e. The van der Waals surface area contributed by atoms with E-state index in [0.29, 0.717) is 0 Å². The van der Waals surface area contributed by atoms with Crippen LogP contribution in [0.1, 0.15) is 88.2 Å². The van der Waals surface area contributed by atoms with E-state index in [1.165, 1.54) is 41.5 Å². The minimum absolute atomic E-state index is 0.242. The van der Waals surface area contributed by atoms with Crippen LogP contribution in [0.5, 0.6) is 0 Å². The molecule has 0 aromatic heterocycles. The molecule has 0 heterocycles. The number of fused-ring (bicyclic) bond motifs is 2. The molecule has 1 heteroatoms. The van der Waals surface area contributed by atoms with E-state index in [2.05, 4.69) is 39.8 Å². The predicted molar refractivity (Wildman–Crippen MR) is 84.2 cm³/mol. The van der Waals surface area contributed by atoms with Gasteiger partial charge in [-0.1, -0.05) is 46.2 Å². The van der Waals surface area contributed by atoms with Gasteiger partial charge in [-0.05, 0) is 65.2 Å². The Bertz CT molecular complexity index is 525. The highest BCUT2D eigenvalue weighted by atomic mass is 16.3. The topological polar surface area (TPSA) is 20.2 Å². The molecular weight excluding hydrogens is 244 g/mol. The van der Waals surface area contributed by atoms with Crippen molar-refractivity contribution in [2.75, 3.05) is 0 Å². The van der Waals surface area contributed by atoms with Crippen LogP contribution >= 0.6 is 0 Å². The second-order valence-electron chi connectivity index (χ2n) is 8.13. The van der Waals surface area contributed by atoms with Crippen LogP contribution in [0.2, 0.25) is 0 Å². The molecule has 0 aliphatic heterocycles. The second-order valence-corrected chi connectivity index (χ2v) is 8.13. The summed E-state index contributed by atoms with van der Waals surface area (Å²) in [5.41, 5.74) is 6.14. The second kappa shape index (κ2) is 4.59. The Hall–Kier alpha value is -0.820. The van der Waals surface area contributed by atoms with Gasteiger partial charge in [-0.15, -0.1) is 0 Å². The Balaban J connectivity index is 2.21. The van der Waals surface area contributed by atoms with Crippen molar-refractivity contribution < 1.29 is 5.11 Å². The van der Waals surface area contributed by atoms with Crippen molar-refractivity contribution >= 4 is 0 Å². The van der Waals surface area contributed by atoms with Crippen LogP contribution < -0.4 is 0 Å². The number of aliphatic hydroxyl groups excluding tert-OH is 1. The fourth-order valence-electron chi connectivity index (χ4n) is 4.01. The summed E-state index contributed by atoms with van der Waals surface area (Å²) in [5, 5.41) is 10.4. The zero-order valence-corrected chi connectivity index (χ0v) is 13.4. The Labute approximate surface area is 123 Å². The van der Waals surface area contributed by atoms with E-state index in [0.717, 1.165) is 19.3 Å². The number of benzene rings is 1. The van der Waals surface area contributed by atoms with Gasteiger partial charge in [-0.2, -0.15) is 0 Å². The molecule has 20 heavy (non-hydrogen) atoms. The molecule has 0 bridgehead atoms. The average Bonchev–Trinajstić information content (AvgIpc) is 2.56. The summed E-state index contributed by atoms with van der Waals surface area (Å²) in [6.07, 6.45) is 6.67. The Kier molecular flexibility index (Phi) is 3.25. The zero-order chi connectivity index (χ0) is 14.5. The van der Waals surface area contributed by atoms with E-state index in [1.807, 2.05) is 0 Å². The van der Waals surface area contributed by atoms with Crippen molar-refractivity contribution in [2.24, 2.45) is 0 Å². The summed E-state index contributed by atoms with van der Waals surface area (Å²) in [6.45, 7) is 9.47. The molecular formula is C19H28O. The van der Waals surface area contributed by atoms with Crippen molar-refractivity contribution in [1.29, 1.82) is 0 Å². The maximum absolute atomic E-state index is 10.4. The molecule has 0 radical (unpaired) electrons. The first-order valence-corrected chi connectivity index (χ1v) is 8.17. The van der Waals surface area contributed by atoms with Gasteiger partial charge in [0.25, 0.3) is 0 Å². The molecule has 0 fully saturated rings. The van der Waals surface area contributed by atoms with Gasteiger partial charge in [0.05, 0.1) is 6.10 Å². The Morgan fingerprint density at radius 3 is 2.20 bits per heavy atom.